The Kier molecular flexibility index (Phi) is 5.92. The summed E-state index contributed by atoms with van der Waals surface area (Å²) in [5.41, 5.74) is 4.43. The minimum absolute atomic E-state index is 1.06. The molecule has 0 bridgehead atoms. The van der Waals surface area contributed by atoms with Crippen molar-refractivity contribution in [2.45, 2.75) is 52.4 Å². The highest BCUT2D eigenvalue weighted by Crippen LogP contribution is 2.17. The van der Waals surface area contributed by atoms with Crippen LogP contribution in [0, 0.1) is 20.4 Å². The molecular formula is C16H23. The molecule has 0 aliphatic carbocycles. The summed E-state index contributed by atoms with van der Waals surface area (Å²) < 4.78 is 0. The van der Waals surface area contributed by atoms with Crippen LogP contribution in [0.5, 0.6) is 0 Å². The fraction of sp³-hybridized carbons (Fsp3) is 0.500. The molecule has 0 nitrogen and oxygen atoms in total. The lowest BCUT2D eigenvalue weighted by Crippen LogP contribution is -1.93. The summed E-state index contributed by atoms with van der Waals surface area (Å²) in [6.45, 7) is 9.78. The van der Waals surface area contributed by atoms with Gasteiger partial charge in [-0.25, -0.2) is 0 Å². The SMILES string of the molecule is [CH]=CCCCCCCc1c(C)cccc1C. The maximum atomic E-state index is 5.35. The third-order valence-electron chi connectivity index (χ3n) is 3.19. The van der Waals surface area contributed by atoms with Crippen LogP contribution in [0.3, 0.4) is 0 Å². The minimum Gasteiger partial charge on any atom is -0.0845 e. The van der Waals surface area contributed by atoms with Crippen LogP contribution < -0.4 is 0 Å². The third-order valence-corrected chi connectivity index (χ3v) is 3.19. The molecule has 0 spiro atoms. The van der Waals surface area contributed by atoms with E-state index in [1.54, 1.807) is 11.6 Å². The Bertz CT molecular complexity index is 303. The van der Waals surface area contributed by atoms with Crippen molar-refractivity contribution in [2.75, 3.05) is 0 Å². The van der Waals surface area contributed by atoms with E-state index in [0.717, 1.165) is 6.42 Å². The first kappa shape index (κ1) is 13.0. The van der Waals surface area contributed by atoms with Gasteiger partial charge in [-0.1, -0.05) is 43.7 Å². The Morgan fingerprint density at radius 1 is 1.00 bits per heavy atom. The number of rotatable bonds is 7. The Morgan fingerprint density at radius 2 is 1.62 bits per heavy atom. The monoisotopic (exact) mass is 215 g/mol. The van der Waals surface area contributed by atoms with E-state index >= 15 is 0 Å². The second-order valence-corrected chi connectivity index (χ2v) is 4.56. The number of hydrogen-bond acceptors (Lipinski definition) is 0. The summed E-state index contributed by atoms with van der Waals surface area (Å²) in [7, 11) is 0. The van der Waals surface area contributed by atoms with E-state index in [9.17, 15) is 0 Å². The predicted octanol–water partition coefficient (Wildman–Crippen LogP) is 4.79. The largest absolute Gasteiger partial charge is 0.0845 e. The molecule has 0 aliphatic heterocycles. The highest BCUT2D eigenvalue weighted by molar-refractivity contribution is 5.33. The van der Waals surface area contributed by atoms with Gasteiger partial charge in [0.25, 0.3) is 0 Å². The lowest BCUT2D eigenvalue weighted by atomic mass is 9.97. The lowest BCUT2D eigenvalue weighted by molar-refractivity contribution is 0.644. The molecule has 0 fully saturated rings. The van der Waals surface area contributed by atoms with Crippen molar-refractivity contribution in [3.8, 4) is 0 Å². The molecule has 0 unspecified atom stereocenters. The summed E-state index contributed by atoms with van der Waals surface area (Å²) in [5, 5.41) is 0. The topological polar surface area (TPSA) is 0 Å². The standard InChI is InChI=1S/C16H23/c1-4-5-6-7-8-9-13-16-14(2)11-10-12-15(16)3/h1,4,10-12H,5-9,13H2,2-3H3. The molecule has 1 aromatic carbocycles. The Hall–Kier alpha value is -1.04. The molecule has 0 aliphatic rings. The van der Waals surface area contributed by atoms with Gasteiger partial charge >= 0.3 is 0 Å². The van der Waals surface area contributed by atoms with Gasteiger partial charge in [0.2, 0.25) is 0 Å². The van der Waals surface area contributed by atoms with Gasteiger partial charge in [0, 0.05) is 0 Å². The zero-order chi connectivity index (χ0) is 11.8. The van der Waals surface area contributed by atoms with Crippen LogP contribution in [0.2, 0.25) is 0 Å². The summed E-state index contributed by atoms with van der Waals surface area (Å²) in [6, 6.07) is 6.57. The second kappa shape index (κ2) is 7.27. The zero-order valence-corrected chi connectivity index (χ0v) is 10.6. The zero-order valence-electron chi connectivity index (χ0n) is 10.6. The van der Waals surface area contributed by atoms with Gasteiger partial charge in [-0.3, -0.25) is 0 Å². The predicted molar refractivity (Wildman–Crippen MR) is 71.6 cm³/mol. The smallest absolute Gasteiger partial charge is 0.0274 e. The number of hydrogen-bond donors (Lipinski definition) is 0. The molecule has 16 heavy (non-hydrogen) atoms. The van der Waals surface area contributed by atoms with E-state index in [0.29, 0.717) is 0 Å². The molecule has 1 aromatic rings. The molecule has 0 amide bonds. The quantitative estimate of drug-likeness (QED) is 0.574. The van der Waals surface area contributed by atoms with Crippen molar-refractivity contribution in [3.05, 3.63) is 47.5 Å². The fourth-order valence-electron chi connectivity index (χ4n) is 2.16. The number of aryl methyl sites for hydroxylation is 2. The first-order valence-corrected chi connectivity index (χ1v) is 6.34. The number of allylic oxidation sites excluding steroid dienone is 1. The summed E-state index contributed by atoms with van der Waals surface area (Å²) >= 11 is 0. The van der Waals surface area contributed by atoms with Crippen molar-refractivity contribution in [3.63, 3.8) is 0 Å². The third kappa shape index (κ3) is 4.22. The summed E-state index contributed by atoms with van der Waals surface area (Å²) in [5.74, 6) is 0. The van der Waals surface area contributed by atoms with Gasteiger partial charge in [0.1, 0.15) is 0 Å². The maximum absolute atomic E-state index is 5.35. The van der Waals surface area contributed by atoms with Crippen molar-refractivity contribution < 1.29 is 0 Å². The summed E-state index contributed by atoms with van der Waals surface area (Å²) in [6.07, 6.45) is 9.22. The molecule has 0 heteroatoms. The number of benzene rings is 1. The lowest BCUT2D eigenvalue weighted by Gasteiger charge is -2.09. The molecule has 87 valence electrons. The van der Waals surface area contributed by atoms with Crippen LogP contribution in [-0.4, -0.2) is 0 Å². The Morgan fingerprint density at radius 3 is 2.25 bits per heavy atom. The molecular weight excluding hydrogens is 192 g/mol. The van der Waals surface area contributed by atoms with Crippen LogP contribution in [0.1, 0.15) is 48.8 Å². The van der Waals surface area contributed by atoms with Gasteiger partial charge in [0.05, 0.1) is 0 Å². The van der Waals surface area contributed by atoms with Crippen LogP contribution in [-0.2, 0) is 6.42 Å². The molecule has 0 heterocycles. The van der Waals surface area contributed by atoms with Gasteiger partial charge in [-0.15, -0.1) is 0 Å². The van der Waals surface area contributed by atoms with E-state index in [4.69, 9.17) is 6.58 Å². The van der Waals surface area contributed by atoms with Crippen LogP contribution in [0.4, 0.5) is 0 Å². The molecule has 1 rings (SSSR count). The van der Waals surface area contributed by atoms with Gasteiger partial charge < -0.3 is 0 Å². The van der Waals surface area contributed by atoms with Crippen molar-refractivity contribution in [2.24, 2.45) is 0 Å². The van der Waals surface area contributed by atoms with E-state index < -0.39 is 0 Å². The fourth-order valence-corrected chi connectivity index (χ4v) is 2.16. The molecule has 0 aromatic heterocycles. The van der Waals surface area contributed by atoms with Crippen LogP contribution in [0.15, 0.2) is 24.3 Å². The molecule has 0 N–H and O–H groups in total. The van der Waals surface area contributed by atoms with Gasteiger partial charge in [-0.05, 0) is 56.2 Å². The minimum atomic E-state index is 1.06. The molecule has 0 atom stereocenters. The number of unbranched alkanes of at least 4 members (excludes halogenated alkanes) is 4. The van der Waals surface area contributed by atoms with E-state index in [1.165, 1.54) is 43.2 Å². The average Bonchev–Trinajstić information content (AvgIpc) is 2.26. The highest BCUT2D eigenvalue weighted by Gasteiger charge is 2.01. The van der Waals surface area contributed by atoms with Crippen LogP contribution >= 0.6 is 0 Å². The first-order valence-electron chi connectivity index (χ1n) is 6.34. The Balaban J connectivity index is 2.29. The Labute approximate surface area is 100 Å². The first-order chi connectivity index (χ1) is 7.75. The van der Waals surface area contributed by atoms with Gasteiger partial charge in [0.15, 0.2) is 0 Å². The van der Waals surface area contributed by atoms with Crippen molar-refractivity contribution in [1.29, 1.82) is 0 Å². The molecule has 0 saturated carbocycles. The van der Waals surface area contributed by atoms with Crippen LogP contribution in [0.25, 0.3) is 0 Å². The van der Waals surface area contributed by atoms with Gasteiger partial charge in [-0.2, -0.15) is 0 Å². The van der Waals surface area contributed by atoms with Crippen molar-refractivity contribution in [1.82, 2.24) is 0 Å². The average molecular weight is 215 g/mol. The molecule has 1 radical (unpaired) electrons. The van der Waals surface area contributed by atoms with E-state index in [1.807, 2.05) is 0 Å². The van der Waals surface area contributed by atoms with E-state index in [2.05, 4.69) is 32.0 Å². The second-order valence-electron chi connectivity index (χ2n) is 4.56. The normalized spacial score (nSPS) is 10.4. The molecule has 0 saturated heterocycles. The van der Waals surface area contributed by atoms with Crippen molar-refractivity contribution >= 4 is 0 Å². The highest BCUT2D eigenvalue weighted by atomic mass is 14.1. The maximum Gasteiger partial charge on any atom is -0.0274 e. The summed E-state index contributed by atoms with van der Waals surface area (Å²) in [4.78, 5) is 0. The van der Waals surface area contributed by atoms with E-state index in [-0.39, 0.29) is 0 Å².